The minimum absolute atomic E-state index is 0.480. The Morgan fingerprint density at radius 3 is 2.94 bits per heavy atom. The molecule has 1 aliphatic rings. The predicted molar refractivity (Wildman–Crippen MR) is 66.1 cm³/mol. The number of aromatic nitrogens is 2. The molecule has 1 saturated carbocycles. The van der Waals surface area contributed by atoms with Crippen molar-refractivity contribution in [3.63, 3.8) is 0 Å². The van der Waals surface area contributed by atoms with E-state index in [1.54, 1.807) is 19.5 Å². The number of nitrogens with one attached hydrogen (secondary N) is 1. The molecule has 18 heavy (non-hydrogen) atoms. The van der Waals surface area contributed by atoms with Crippen LogP contribution in [0, 0.1) is 0 Å². The fourth-order valence-electron chi connectivity index (χ4n) is 1.78. The van der Waals surface area contributed by atoms with Gasteiger partial charge in [-0.3, -0.25) is 0 Å². The summed E-state index contributed by atoms with van der Waals surface area (Å²) in [5, 5.41) is 3.41. The average Bonchev–Trinajstić information content (AvgIpc) is 3.13. The van der Waals surface area contributed by atoms with Gasteiger partial charge in [-0.05, 0) is 25.0 Å². The van der Waals surface area contributed by atoms with E-state index in [0.717, 1.165) is 12.3 Å². The fourth-order valence-corrected chi connectivity index (χ4v) is 1.78. The van der Waals surface area contributed by atoms with Gasteiger partial charge in [-0.2, -0.15) is 0 Å². The smallest absolute Gasteiger partial charge is 0.243 e. The Morgan fingerprint density at radius 2 is 2.17 bits per heavy atom. The molecule has 0 aliphatic heterocycles. The quantitative estimate of drug-likeness (QED) is 0.873. The van der Waals surface area contributed by atoms with Gasteiger partial charge in [-0.25, -0.2) is 9.97 Å². The largest absolute Gasteiger partial charge is 0.479 e. The molecule has 3 rings (SSSR count). The lowest BCUT2D eigenvalue weighted by molar-refractivity contribution is 0.394. The van der Waals surface area contributed by atoms with Gasteiger partial charge in [0.25, 0.3) is 0 Å². The second kappa shape index (κ2) is 4.78. The highest BCUT2D eigenvalue weighted by molar-refractivity contribution is 5.58. The van der Waals surface area contributed by atoms with E-state index >= 15 is 0 Å². The van der Waals surface area contributed by atoms with Crippen molar-refractivity contribution in [3.8, 4) is 17.3 Å². The summed E-state index contributed by atoms with van der Waals surface area (Å²) in [4.78, 5) is 8.35. The minimum atomic E-state index is 0.480. The monoisotopic (exact) mass is 245 g/mol. The predicted octanol–water partition coefficient (Wildman–Crippen LogP) is 2.00. The van der Waals surface area contributed by atoms with Gasteiger partial charge in [0.15, 0.2) is 11.5 Å². The van der Waals surface area contributed by atoms with E-state index in [-0.39, 0.29) is 0 Å². The van der Waals surface area contributed by atoms with Gasteiger partial charge >= 0.3 is 0 Å². The highest BCUT2D eigenvalue weighted by atomic mass is 16.5. The molecule has 0 radical (unpaired) electrons. The van der Waals surface area contributed by atoms with Crippen LogP contribution in [0.1, 0.15) is 18.6 Å². The van der Waals surface area contributed by atoms with Gasteiger partial charge in [0, 0.05) is 18.4 Å². The van der Waals surface area contributed by atoms with Crippen LogP contribution in [-0.2, 0) is 6.54 Å². The maximum Gasteiger partial charge on any atom is 0.243 e. The van der Waals surface area contributed by atoms with Crippen LogP contribution < -0.4 is 10.1 Å². The molecule has 2 aromatic heterocycles. The molecule has 0 unspecified atom stereocenters. The zero-order chi connectivity index (χ0) is 12.4. The zero-order valence-electron chi connectivity index (χ0n) is 10.2. The van der Waals surface area contributed by atoms with Crippen molar-refractivity contribution >= 4 is 0 Å². The molecule has 0 atom stereocenters. The Labute approximate surface area is 105 Å². The molecule has 1 aliphatic carbocycles. The van der Waals surface area contributed by atoms with Gasteiger partial charge < -0.3 is 14.5 Å². The van der Waals surface area contributed by atoms with Crippen molar-refractivity contribution in [2.75, 3.05) is 7.11 Å². The minimum Gasteiger partial charge on any atom is -0.479 e. The third-order valence-electron chi connectivity index (χ3n) is 2.90. The fraction of sp³-hybridized carbons (Fsp3) is 0.385. The third kappa shape index (κ3) is 2.36. The molecule has 0 saturated heterocycles. The van der Waals surface area contributed by atoms with Crippen molar-refractivity contribution in [1.29, 1.82) is 0 Å². The van der Waals surface area contributed by atoms with Crippen molar-refractivity contribution in [2.24, 2.45) is 0 Å². The summed E-state index contributed by atoms with van der Waals surface area (Å²) in [6.45, 7) is 0.757. The van der Waals surface area contributed by atoms with Gasteiger partial charge in [0.1, 0.15) is 5.76 Å². The lowest BCUT2D eigenvalue weighted by Crippen LogP contribution is -2.14. The van der Waals surface area contributed by atoms with Crippen LogP contribution in [0.15, 0.2) is 28.9 Å². The molecule has 94 valence electrons. The Bertz CT molecular complexity index is 535. The maximum absolute atomic E-state index is 5.75. The highest BCUT2D eigenvalue weighted by Crippen LogP contribution is 2.27. The van der Waals surface area contributed by atoms with Crippen LogP contribution in [-0.4, -0.2) is 23.1 Å². The normalized spacial score (nSPS) is 14.7. The zero-order valence-corrected chi connectivity index (χ0v) is 10.2. The SMILES string of the molecule is COc1nccnc1-c1ccc(CNC2CC2)o1. The Kier molecular flexibility index (Phi) is 2.98. The molecule has 0 aromatic carbocycles. The summed E-state index contributed by atoms with van der Waals surface area (Å²) in [5.41, 5.74) is 0.637. The first-order valence-electron chi connectivity index (χ1n) is 6.04. The first-order chi connectivity index (χ1) is 8.86. The lowest BCUT2D eigenvalue weighted by atomic mass is 10.3. The van der Waals surface area contributed by atoms with Gasteiger partial charge in [-0.1, -0.05) is 0 Å². The number of rotatable bonds is 5. The van der Waals surface area contributed by atoms with Gasteiger partial charge in [0.05, 0.1) is 13.7 Å². The molecule has 0 amide bonds. The summed E-state index contributed by atoms with van der Waals surface area (Å²) in [6.07, 6.45) is 5.76. The molecular weight excluding hydrogens is 230 g/mol. The Balaban J connectivity index is 1.78. The molecule has 2 aromatic rings. The maximum atomic E-state index is 5.75. The number of ether oxygens (including phenoxy) is 1. The molecular formula is C13H15N3O2. The van der Waals surface area contributed by atoms with E-state index < -0.39 is 0 Å². The van der Waals surface area contributed by atoms with Crippen LogP contribution in [0.5, 0.6) is 5.88 Å². The summed E-state index contributed by atoms with van der Waals surface area (Å²) < 4.78 is 10.9. The second-order valence-electron chi connectivity index (χ2n) is 4.34. The number of methoxy groups -OCH3 is 1. The van der Waals surface area contributed by atoms with Crippen LogP contribution in [0.2, 0.25) is 0 Å². The van der Waals surface area contributed by atoms with Crippen LogP contribution in [0.4, 0.5) is 0 Å². The van der Waals surface area contributed by atoms with Crippen LogP contribution in [0.3, 0.4) is 0 Å². The number of furan rings is 1. The lowest BCUT2D eigenvalue weighted by Gasteiger charge is -2.03. The summed E-state index contributed by atoms with van der Waals surface area (Å²) in [7, 11) is 1.58. The number of hydrogen-bond acceptors (Lipinski definition) is 5. The number of nitrogens with zero attached hydrogens (tertiary/aromatic N) is 2. The first kappa shape index (κ1) is 11.2. The van der Waals surface area contributed by atoms with E-state index in [1.807, 2.05) is 12.1 Å². The van der Waals surface area contributed by atoms with Crippen molar-refractivity contribution < 1.29 is 9.15 Å². The number of hydrogen-bond donors (Lipinski definition) is 1. The van der Waals surface area contributed by atoms with E-state index in [1.165, 1.54) is 12.8 Å². The first-order valence-corrected chi connectivity index (χ1v) is 6.04. The van der Waals surface area contributed by atoms with E-state index in [9.17, 15) is 0 Å². The van der Waals surface area contributed by atoms with Crippen molar-refractivity contribution in [1.82, 2.24) is 15.3 Å². The summed E-state index contributed by atoms with van der Waals surface area (Å²) in [6, 6.07) is 4.53. The van der Waals surface area contributed by atoms with Crippen molar-refractivity contribution in [2.45, 2.75) is 25.4 Å². The Hall–Kier alpha value is -1.88. The molecule has 0 spiro atoms. The highest BCUT2D eigenvalue weighted by Gasteiger charge is 2.21. The van der Waals surface area contributed by atoms with Gasteiger partial charge in [-0.15, -0.1) is 0 Å². The van der Waals surface area contributed by atoms with E-state index in [0.29, 0.717) is 23.4 Å². The standard InChI is InChI=1S/C13H15N3O2/c1-17-13-12(14-6-7-15-13)11-5-4-10(18-11)8-16-9-2-3-9/h4-7,9,16H,2-3,8H2,1H3. The molecule has 1 fully saturated rings. The molecule has 1 N–H and O–H groups in total. The molecule has 5 heteroatoms. The van der Waals surface area contributed by atoms with Gasteiger partial charge in [0.2, 0.25) is 5.88 Å². The van der Waals surface area contributed by atoms with Crippen LogP contribution >= 0.6 is 0 Å². The summed E-state index contributed by atoms with van der Waals surface area (Å²) in [5.74, 6) is 2.07. The average molecular weight is 245 g/mol. The topological polar surface area (TPSA) is 60.2 Å². The van der Waals surface area contributed by atoms with Crippen LogP contribution in [0.25, 0.3) is 11.5 Å². The third-order valence-corrected chi connectivity index (χ3v) is 2.90. The second-order valence-corrected chi connectivity index (χ2v) is 4.34. The molecule has 5 nitrogen and oxygen atoms in total. The molecule has 2 heterocycles. The van der Waals surface area contributed by atoms with E-state index in [4.69, 9.17) is 9.15 Å². The molecule has 0 bridgehead atoms. The summed E-state index contributed by atoms with van der Waals surface area (Å²) >= 11 is 0. The Morgan fingerprint density at radius 1 is 1.33 bits per heavy atom. The van der Waals surface area contributed by atoms with E-state index in [2.05, 4.69) is 15.3 Å². The van der Waals surface area contributed by atoms with Crippen molar-refractivity contribution in [3.05, 3.63) is 30.3 Å².